The van der Waals surface area contributed by atoms with Crippen LogP contribution in [0.2, 0.25) is 0 Å². The molecular weight excluding hydrogens is 304 g/mol. The Labute approximate surface area is 140 Å². The molecule has 2 heterocycles. The molecule has 126 valence electrons. The van der Waals surface area contributed by atoms with Crippen LogP contribution in [-0.4, -0.2) is 26.4 Å². The number of para-hydroxylation sites is 1. The second-order valence-corrected chi connectivity index (χ2v) is 5.79. The summed E-state index contributed by atoms with van der Waals surface area (Å²) in [7, 11) is 1.72. The minimum Gasteiger partial charge on any atom is -0.493 e. The smallest absolute Gasteiger partial charge is 0.279 e. The van der Waals surface area contributed by atoms with Crippen LogP contribution in [-0.2, 0) is 13.5 Å². The molecule has 0 unspecified atom stereocenters. The number of nitrogens with one attached hydrogen (secondary N) is 1. The molecule has 3 rings (SSSR count). The maximum atomic E-state index is 12.7. The molecule has 0 spiro atoms. The van der Waals surface area contributed by atoms with Crippen molar-refractivity contribution in [3.05, 3.63) is 40.3 Å². The van der Waals surface area contributed by atoms with Crippen molar-refractivity contribution in [2.75, 3.05) is 6.61 Å². The van der Waals surface area contributed by atoms with Crippen molar-refractivity contribution < 1.29 is 4.74 Å². The molecule has 1 aromatic carbocycles. The van der Waals surface area contributed by atoms with Crippen molar-refractivity contribution >= 4 is 11.0 Å². The minimum atomic E-state index is -0.129. The number of nitrogens with zero attached hydrogens (tertiary/aromatic N) is 3. The zero-order chi connectivity index (χ0) is 17.1. The van der Waals surface area contributed by atoms with Crippen LogP contribution in [0.4, 0.5) is 0 Å². The third kappa shape index (κ3) is 2.79. The molecule has 0 bridgehead atoms. The van der Waals surface area contributed by atoms with Gasteiger partial charge < -0.3 is 4.74 Å². The summed E-state index contributed by atoms with van der Waals surface area (Å²) >= 11 is 0. The zero-order valence-corrected chi connectivity index (χ0v) is 14.3. The van der Waals surface area contributed by atoms with Crippen molar-refractivity contribution in [1.29, 1.82) is 0 Å². The Morgan fingerprint density at radius 3 is 2.75 bits per heavy atom. The highest BCUT2D eigenvalue weighted by atomic mass is 16.5. The maximum absolute atomic E-state index is 12.7. The normalized spacial score (nSPS) is 11.1. The Morgan fingerprint density at radius 2 is 2.00 bits per heavy atom. The topological polar surface area (TPSA) is 72.8 Å². The maximum Gasteiger partial charge on any atom is 0.279 e. The molecule has 2 aromatic heterocycles. The van der Waals surface area contributed by atoms with Gasteiger partial charge in [-0.25, -0.2) is 4.98 Å². The second-order valence-electron chi connectivity index (χ2n) is 5.79. The lowest BCUT2D eigenvalue weighted by atomic mass is 10.1. The van der Waals surface area contributed by atoms with E-state index in [9.17, 15) is 4.79 Å². The highest BCUT2D eigenvalue weighted by molar-refractivity contribution is 5.79. The highest BCUT2D eigenvalue weighted by Gasteiger charge is 2.17. The van der Waals surface area contributed by atoms with Crippen LogP contribution in [0.1, 0.15) is 32.4 Å². The number of aromatic nitrogens is 4. The number of aryl methyl sites for hydroxylation is 1. The molecule has 0 fully saturated rings. The zero-order valence-electron chi connectivity index (χ0n) is 14.3. The second kappa shape index (κ2) is 6.86. The molecule has 0 aliphatic heterocycles. The first-order chi connectivity index (χ1) is 11.7. The van der Waals surface area contributed by atoms with Gasteiger partial charge in [0, 0.05) is 7.05 Å². The third-order valence-electron chi connectivity index (χ3n) is 3.94. The molecule has 3 aromatic rings. The Hall–Kier alpha value is -2.63. The van der Waals surface area contributed by atoms with E-state index in [1.807, 2.05) is 24.3 Å². The molecule has 0 amide bonds. The van der Waals surface area contributed by atoms with Gasteiger partial charge in [-0.2, -0.15) is 5.10 Å². The summed E-state index contributed by atoms with van der Waals surface area (Å²) in [5.74, 6) is 1.33. The molecule has 0 saturated heterocycles. The number of ether oxygens (including phenoxy) is 1. The quantitative estimate of drug-likeness (QED) is 0.755. The highest BCUT2D eigenvalue weighted by Crippen LogP contribution is 2.29. The number of H-pyrrole nitrogens is 1. The van der Waals surface area contributed by atoms with Gasteiger partial charge in [0.15, 0.2) is 0 Å². The number of aromatic amines is 1. The summed E-state index contributed by atoms with van der Waals surface area (Å²) in [4.78, 5) is 17.4. The van der Waals surface area contributed by atoms with E-state index in [1.54, 1.807) is 11.6 Å². The molecule has 6 heteroatoms. The molecule has 0 saturated carbocycles. The average Bonchev–Trinajstić information content (AvgIpc) is 3.00. The van der Waals surface area contributed by atoms with E-state index < -0.39 is 0 Å². The van der Waals surface area contributed by atoms with Crippen LogP contribution in [0, 0.1) is 0 Å². The van der Waals surface area contributed by atoms with Gasteiger partial charge in [-0.15, -0.1) is 0 Å². The summed E-state index contributed by atoms with van der Waals surface area (Å²) in [6.07, 6.45) is 2.65. The van der Waals surface area contributed by atoms with Crippen LogP contribution in [0.15, 0.2) is 29.1 Å². The molecular formula is C18H22N4O2. The first-order valence-electron chi connectivity index (χ1n) is 8.33. The van der Waals surface area contributed by atoms with Crippen LogP contribution >= 0.6 is 0 Å². The number of rotatable bonds is 6. The Bertz CT molecular complexity index is 911. The molecule has 1 N–H and O–H groups in total. The van der Waals surface area contributed by atoms with Crippen LogP contribution < -0.4 is 10.3 Å². The molecule has 24 heavy (non-hydrogen) atoms. The summed E-state index contributed by atoms with van der Waals surface area (Å²) in [5, 5.41) is 7.09. The Morgan fingerprint density at radius 1 is 1.21 bits per heavy atom. The van der Waals surface area contributed by atoms with E-state index in [-0.39, 0.29) is 5.56 Å². The summed E-state index contributed by atoms with van der Waals surface area (Å²) in [6, 6.07) is 7.68. The number of benzene rings is 1. The summed E-state index contributed by atoms with van der Waals surface area (Å²) < 4.78 is 7.37. The lowest BCUT2D eigenvalue weighted by Crippen LogP contribution is -2.20. The predicted octanol–water partition coefficient (Wildman–Crippen LogP) is 3.06. The fourth-order valence-corrected chi connectivity index (χ4v) is 2.73. The standard InChI is InChI=1S/C18H22N4O2/c1-4-8-13-15-16(21-20-13)18(23)22(3)17(19-15)12-9-6-7-10-14(12)24-11-5-2/h6-7,9-10H,4-5,8,11H2,1-3H3,(H,20,21). The fourth-order valence-electron chi connectivity index (χ4n) is 2.73. The largest absolute Gasteiger partial charge is 0.493 e. The van der Waals surface area contributed by atoms with Gasteiger partial charge in [0.2, 0.25) is 0 Å². The number of hydrogen-bond acceptors (Lipinski definition) is 4. The van der Waals surface area contributed by atoms with E-state index in [0.29, 0.717) is 23.5 Å². The van der Waals surface area contributed by atoms with E-state index in [2.05, 4.69) is 24.0 Å². The predicted molar refractivity (Wildman–Crippen MR) is 94.3 cm³/mol. The van der Waals surface area contributed by atoms with Gasteiger partial charge in [-0.05, 0) is 25.0 Å². The first-order valence-corrected chi connectivity index (χ1v) is 8.33. The summed E-state index contributed by atoms with van der Waals surface area (Å²) in [6.45, 7) is 4.77. The van der Waals surface area contributed by atoms with E-state index in [1.165, 1.54) is 0 Å². The Kier molecular flexibility index (Phi) is 4.64. The number of hydrogen-bond donors (Lipinski definition) is 1. The first kappa shape index (κ1) is 16.2. The molecule has 0 atom stereocenters. The van der Waals surface area contributed by atoms with Crippen molar-refractivity contribution in [1.82, 2.24) is 19.7 Å². The van der Waals surface area contributed by atoms with Gasteiger partial charge in [-0.1, -0.05) is 32.4 Å². The van der Waals surface area contributed by atoms with Gasteiger partial charge in [0.05, 0.1) is 17.9 Å². The number of fused-ring (bicyclic) bond motifs is 1. The van der Waals surface area contributed by atoms with E-state index >= 15 is 0 Å². The fraction of sp³-hybridized carbons (Fsp3) is 0.389. The van der Waals surface area contributed by atoms with Crippen molar-refractivity contribution in [2.45, 2.75) is 33.1 Å². The average molecular weight is 326 g/mol. The van der Waals surface area contributed by atoms with Gasteiger partial charge in [-0.3, -0.25) is 14.5 Å². The Balaban J connectivity index is 2.21. The molecule has 0 radical (unpaired) electrons. The van der Waals surface area contributed by atoms with E-state index in [4.69, 9.17) is 9.72 Å². The van der Waals surface area contributed by atoms with Crippen LogP contribution in [0.5, 0.6) is 5.75 Å². The van der Waals surface area contributed by atoms with Crippen LogP contribution in [0.3, 0.4) is 0 Å². The van der Waals surface area contributed by atoms with Crippen molar-refractivity contribution in [2.24, 2.45) is 7.05 Å². The summed E-state index contributed by atoms with van der Waals surface area (Å²) in [5.41, 5.74) is 2.63. The van der Waals surface area contributed by atoms with Crippen molar-refractivity contribution in [3.63, 3.8) is 0 Å². The van der Waals surface area contributed by atoms with Gasteiger partial charge in [0.1, 0.15) is 22.6 Å². The molecule has 6 nitrogen and oxygen atoms in total. The van der Waals surface area contributed by atoms with Gasteiger partial charge in [0.25, 0.3) is 5.56 Å². The lowest BCUT2D eigenvalue weighted by Gasteiger charge is -2.13. The van der Waals surface area contributed by atoms with Crippen LogP contribution in [0.25, 0.3) is 22.4 Å². The van der Waals surface area contributed by atoms with E-state index in [0.717, 1.165) is 36.3 Å². The lowest BCUT2D eigenvalue weighted by molar-refractivity contribution is 0.318. The third-order valence-corrected chi connectivity index (χ3v) is 3.94. The van der Waals surface area contributed by atoms with Gasteiger partial charge >= 0.3 is 0 Å². The molecule has 0 aliphatic rings. The van der Waals surface area contributed by atoms with Crippen molar-refractivity contribution in [3.8, 4) is 17.1 Å². The minimum absolute atomic E-state index is 0.129. The monoisotopic (exact) mass is 326 g/mol. The molecule has 0 aliphatic carbocycles. The SMILES string of the molecule is CCCOc1ccccc1-c1nc2c(CCC)n[nH]c2c(=O)n1C.